The summed E-state index contributed by atoms with van der Waals surface area (Å²) < 4.78 is 21.7. The van der Waals surface area contributed by atoms with Crippen LogP contribution in [-0.2, 0) is 11.8 Å². The number of rotatable bonds is 4. The fourth-order valence-corrected chi connectivity index (χ4v) is 4.28. The Bertz CT molecular complexity index is 1080. The van der Waals surface area contributed by atoms with Gasteiger partial charge in [0.1, 0.15) is 10.7 Å². The fraction of sp³-hybridized carbons (Fsp3) is 0.176. The molecule has 0 bridgehead atoms. The van der Waals surface area contributed by atoms with Gasteiger partial charge in [0.05, 0.1) is 33.2 Å². The monoisotopic (exact) mass is 458 g/mol. The molecule has 0 radical (unpaired) electrons. The molecule has 0 saturated carbocycles. The van der Waals surface area contributed by atoms with Crippen LogP contribution in [0.1, 0.15) is 16.6 Å². The number of ether oxygens (including phenoxy) is 1. The van der Waals surface area contributed by atoms with Crippen LogP contribution in [0.15, 0.2) is 33.5 Å². The summed E-state index contributed by atoms with van der Waals surface area (Å²) in [6.07, 6.45) is 0. The molecular weight excluding hydrogens is 447 g/mol. The minimum absolute atomic E-state index is 0.168. The number of aromatic nitrogens is 1. The van der Waals surface area contributed by atoms with E-state index in [0.29, 0.717) is 10.7 Å². The van der Waals surface area contributed by atoms with Gasteiger partial charge in [-0.15, -0.1) is 11.3 Å². The second-order valence-electron chi connectivity index (χ2n) is 5.34. The molecule has 0 spiro atoms. The van der Waals surface area contributed by atoms with Crippen molar-refractivity contribution in [2.45, 2.75) is 6.92 Å². The van der Waals surface area contributed by atoms with Crippen molar-refractivity contribution in [1.82, 2.24) is 4.57 Å². The van der Waals surface area contributed by atoms with Crippen LogP contribution in [0.25, 0.3) is 10.2 Å². The summed E-state index contributed by atoms with van der Waals surface area (Å²) >= 11 is 10.5. The molecule has 1 N–H and O–H groups in total. The van der Waals surface area contributed by atoms with E-state index in [0.717, 1.165) is 21.9 Å². The van der Waals surface area contributed by atoms with Crippen LogP contribution in [0, 0.1) is 5.82 Å². The van der Waals surface area contributed by atoms with Crippen molar-refractivity contribution in [2.24, 2.45) is 7.05 Å². The summed E-state index contributed by atoms with van der Waals surface area (Å²) in [5.74, 6) is -1.29. The fourth-order valence-electron chi connectivity index (χ4n) is 2.47. The van der Waals surface area contributed by atoms with Crippen molar-refractivity contribution in [3.63, 3.8) is 0 Å². The first-order chi connectivity index (χ1) is 12.3. The van der Waals surface area contributed by atoms with Gasteiger partial charge in [-0.3, -0.25) is 4.79 Å². The third kappa shape index (κ3) is 3.36. The van der Waals surface area contributed by atoms with E-state index >= 15 is 0 Å². The maximum atomic E-state index is 14.3. The van der Waals surface area contributed by atoms with Crippen LogP contribution in [-0.4, -0.2) is 17.1 Å². The number of carbonyl (C=O) groups excluding carboxylic acids is 1. The molecule has 136 valence electrons. The summed E-state index contributed by atoms with van der Waals surface area (Å²) in [6.45, 7) is 1.85. The summed E-state index contributed by atoms with van der Waals surface area (Å²) in [4.78, 5) is 24.6. The predicted molar refractivity (Wildman–Crippen MR) is 105 cm³/mol. The van der Waals surface area contributed by atoms with E-state index in [1.165, 1.54) is 11.6 Å². The number of esters is 1. The van der Waals surface area contributed by atoms with E-state index < -0.39 is 17.3 Å². The quantitative estimate of drug-likeness (QED) is 0.553. The first-order valence-electron chi connectivity index (χ1n) is 7.54. The lowest BCUT2D eigenvalue weighted by atomic mass is 10.2. The highest BCUT2D eigenvalue weighted by Gasteiger charge is 2.24. The molecule has 2 aromatic heterocycles. The molecule has 0 fully saturated rings. The second kappa shape index (κ2) is 7.38. The Labute approximate surface area is 165 Å². The Balaban J connectivity index is 2.28. The molecule has 3 rings (SSSR count). The number of pyridine rings is 1. The first-order valence-corrected chi connectivity index (χ1v) is 9.53. The lowest BCUT2D eigenvalue weighted by Gasteiger charge is -2.11. The Morgan fingerprint density at radius 3 is 2.81 bits per heavy atom. The van der Waals surface area contributed by atoms with Gasteiger partial charge >= 0.3 is 5.97 Å². The maximum absolute atomic E-state index is 14.3. The molecule has 0 atom stereocenters. The highest BCUT2D eigenvalue weighted by molar-refractivity contribution is 9.10. The van der Waals surface area contributed by atoms with E-state index in [1.54, 1.807) is 25.1 Å². The molecule has 0 aliphatic rings. The average molecular weight is 460 g/mol. The summed E-state index contributed by atoms with van der Waals surface area (Å²) in [5.41, 5.74) is 0.554. The van der Waals surface area contributed by atoms with E-state index in [4.69, 9.17) is 16.3 Å². The topological polar surface area (TPSA) is 60.3 Å². The van der Waals surface area contributed by atoms with Crippen molar-refractivity contribution in [1.29, 1.82) is 0 Å². The second-order valence-corrected chi connectivity index (χ2v) is 7.69. The van der Waals surface area contributed by atoms with E-state index in [2.05, 4.69) is 21.2 Å². The molecule has 9 heteroatoms. The molecule has 26 heavy (non-hydrogen) atoms. The van der Waals surface area contributed by atoms with Crippen LogP contribution < -0.4 is 10.9 Å². The van der Waals surface area contributed by atoms with Crippen LogP contribution >= 0.6 is 38.9 Å². The third-order valence-corrected chi connectivity index (χ3v) is 5.64. The Morgan fingerprint density at radius 2 is 2.15 bits per heavy atom. The molecule has 2 heterocycles. The highest BCUT2D eigenvalue weighted by atomic mass is 79.9. The number of halogens is 3. The van der Waals surface area contributed by atoms with E-state index in [9.17, 15) is 14.0 Å². The van der Waals surface area contributed by atoms with Gasteiger partial charge in [-0.05, 0) is 25.1 Å². The molecule has 0 saturated heterocycles. The zero-order valence-corrected chi connectivity index (χ0v) is 16.9. The summed E-state index contributed by atoms with van der Waals surface area (Å²) in [7, 11) is 1.51. The SMILES string of the molecule is CCOC(=O)c1sc2c(F)cc(=O)n(C)c2c1Nc1ccc(Br)cc1Cl. The van der Waals surface area contributed by atoms with Gasteiger partial charge in [0.15, 0.2) is 0 Å². The first kappa shape index (κ1) is 18.9. The molecule has 0 aliphatic carbocycles. The van der Waals surface area contributed by atoms with Crippen molar-refractivity contribution in [3.8, 4) is 0 Å². The maximum Gasteiger partial charge on any atom is 0.350 e. The molecular formula is C17H13BrClFN2O3S. The van der Waals surface area contributed by atoms with Gasteiger partial charge in [-0.1, -0.05) is 27.5 Å². The Morgan fingerprint density at radius 1 is 1.42 bits per heavy atom. The lowest BCUT2D eigenvalue weighted by Crippen LogP contribution is -2.17. The number of thiophene rings is 1. The Kier molecular flexibility index (Phi) is 5.36. The number of fused-ring (bicyclic) bond motifs is 1. The van der Waals surface area contributed by atoms with Gasteiger partial charge in [-0.2, -0.15) is 0 Å². The average Bonchev–Trinajstić information content (AvgIpc) is 2.95. The van der Waals surface area contributed by atoms with Crippen molar-refractivity contribution in [2.75, 3.05) is 11.9 Å². The standard InChI is InChI=1S/C17H13BrClFN2O3S/c1-3-25-17(24)16-13(21-11-5-4-8(18)6-9(11)19)14-15(26-16)10(20)7-12(23)22(14)2/h4-7,21H,3H2,1-2H3. The van der Waals surface area contributed by atoms with Crippen molar-refractivity contribution in [3.05, 3.63) is 54.8 Å². The van der Waals surface area contributed by atoms with Gasteiger partial charge in [-0.25, -0.2) is 9.18 Å². The molecule has 3 aromatic rings. The Hall–Kier alpha value is -1.90. The molecule has 0 amide bonds. The molecule has 0 aliphatic heterocycles. The number of hydrogen-bond donors (Lipinski definition) is 1. The summed E-state index contributed by atoms with van der Waals surface area (Å²) in [6, 6.07) is 6.06. The molecule has 5 nitrogen and oxygen atoms in total. The third-order valence-electron chi connectivity index (χ3n) is 3.67. The predicted octanol–water partition coefficient (Wildman–Crippen LogP) is 5.08. The minimum atomic E-state index is -0.686. The van der Waals surface area contributed by atoms with Crippen LogP contribution in [0.5, 0.6) is 0 Å². The number of anilines is 2. The van der Waals surface area contributed by atoms with E-state index in [-0.39, 0.29) is 27.4 Å². The smallest absolute Gasteiger partial charge is 0.350 e. The minimum Gasteiger partial charge on any atom is -0.462 e. The number of hydrogen-bond acceptors (Lipinski definition) is 5. The van der Waals surface area contributed by atoms with Gasteiger partial charge in [0.2, 0.25) is 0 Å². The van der Waals surface area contributed by atoms with Crippen LogP contribution in [0.4, 0.5) is 15.8 Å². The zero-order chi connectivity index (χ0) is 19.0. The largest absolute Gasteiger partial charge is 0.462 e. The van der Waals surface area contributed by atoms with Crippen molar-refractivity contribution < 1.29 is 13.9 Å². The number of benzene rings is 1. The van der Waals surface area contributed by atoms with Gasteiger partial charge in [0, 0.05) is 17.6 Å². The number of nitrogens with zero attached hydrogens (tertiary/aromatic N) is 1. The number of carbonyl (C=O) groups is 1. The summed E-state index contributed by atoms with van der Waals surface area (Å²) in [5, 5.41) is 3.45. The van der Waals surface area contributed by atoms with Crippen LogP contribution in [0.2, 0.25) is 5.02 Å². The normalized spacial score (nSPS) is 11.0. The van der Waals surface area contributed by atoms with Gasteiger partial charge in [0.25, 0.3) is 5.56 Å². The highest BCUT2D eigenvalue weighted by Crippen LogP contribution is 2.40. The number of aryl methyl sites for hydroxylation is 1. The molecule has 0 unspecified atom stereocenters. The molecule has 1 aromatic carbocycles. The zero-order valence-electron chi connectivity index (χ0n) is 13.7. The lowest BCUT2D eigenvalue weighted by molar-refractivity contribution is 0.0533. The van der Waals surface area contributed by atoms with Crippen LogP contribution in [0.3, 0.4) is 0 Å². The van der Waals surface area contributed by atoms with Crippen molar-refractivity contribution >= 4 is 66.4 Å². The van der Waals surface area contributed by atoms with Gasteiger partial charge < -0.3 is 14.6 Å². The van der Waals surface area contributed by atoms with E-state index in [1.807, 2.05) is 0 Å². The number of nitrogens with one attached hydrogen (secondary N) is 1.